The highest BCUT2D eigenvalue weighted by molar-refractivity contribution is 5.86. The van der Waals surface area contributed by atoms with Crippen LogP contribution in [-0.2, 0) is 6.54 Å². The molecule has 0 atom stereocenters. The standard InChI is InChI=1S/C23H20N8/c1-14-4-2-5-20(28-14)22-17(12-26-30-22)18-6-7-19-21(29-18)10-15(11-25-19)16-13-27-31-9-3-8-24-23(16)31/h2,4-7,10-13,24H,3,8-9H2,1H3,(H,26,30). The molecule has 2 N–H and O–H groups in total. The van der Waals surface area contributed by atoms with Gasteiger partial charge >= 0.3 is 0 Å². The van der Waals surface area contributed by atoms with Gasteiger partial charge in [0.15, 0.2) is 0 Å². The minimum atomic E-state index is 0.787. The van der Waals surface area contributed by atoms with E-state index in [1.54, 1.807) is 0 Å². The van der Waals surface area contributed by atoms with Crippen molar-refractivity contribution in [3.05, 3.63) is 60.7 Å². The molecule has 0 fully saturated rings. The first-order valence-corrected chi connectivity index (χ1v) is 10.3. The van der Waals surface area contributed by atoms with Crippen LogP contribution in [0.3, 0.4) is 0 Å². The second-order valence-corrected chi connectivity index (χ2v) is 7.68. The minimum Gasteiger partial charge on any atom is -0.370 e. The van der Waals surface area contributed by atoms with Crippen molar-refractivity contribution < 1.29 is 0 Å². The second-order valence-electron chi connectivity index (χ2n) is 7.68. The Labute approximate surface area is 178 Å². The quantitative estimate of drug-likeness (QED) is 0.467. The van der Waals surface area contributed by atoms with Gasteiger partial charge in [0.05, 0.1) is 28.6 Å². The fraction of sp³-hybridized carbons (Fsp3) is 0.174. The summed E-state index contributed by atoms with van der Waals surface area (Å²) in [5.41, 5.74) is 8.02. The van der Waals surface area contributed by atoms with Crippen molar-refractivity contribution in [2.24, 2.45) is 0 Å². The maximum Gasteiger partial charge on any atom is 0.132 e. The van der Waals surface area contributed by atoms with Crippen molar-refractivity contribution in [2.45, 2.75) is 19.9 Å². The number of nitrogens with zero attached hydrogens (tertiary/aromatic N) is 6. The van der Waals surface area contributed by atoms with Crippen molar-refractivity contribution in [1.29, 1.82) is 0 Å². The molecule has 1 aliphatic heterocycles. The van der Waals surface area contributed by atoms with Gasteiger partial charge in [-0.25, -0.2) is 9.67 Å². The summed E-state index contributed by atoms with van der Waals surface area (Å²) in [6, 6.07) is 12.0. The Morgan fingerprint density at radius 3 is 2.87 bits per heavy atom. The van der Waals surface area contributed by atoms with Crippen LogP contribution in [0.5, 0.6) is 0 Å². The van der Waals surface area contributed by atoms with E-state index in [1.807, 2.05) is 60.5 Å². The van der Waals surface area contributed by atoms with Crippen LogP contribution in [0.2, 0.25) is 0 Å². The Morgan fingerprint density at radius 2 is 1.94 bits per heavy atom. The van der Waals surface area contributed by atoms with E-state index in [2.05, 4.69) is 36.6 Å². The zero-order chi connectivity index (χ0) is 20.8. The van der Waals surface area contributed by atoms with E-state index in [4.69, 9.17) is 4.98 Å². The Morgan fingerprint density at radius 1 is 0.968 bits per heavy atom. The van der Waals surface area contributed by atoms with E-state index in [0.29, 0.717) is 0 Å². The number of anilines is 1. The number of rotatable bonds is 3. The maximum atomic E-state index is 4.91. The lowest BCUT2D eigenvalue weighted by atomic mass is 10.1. The van der Waals surface area contributed by atoms with Crippen LogP contribution in [0.1, 0.15) is 12.1 Å². The number of pyridine rings is 3. The third-order valence-electron chi connectivity index (χ3n) is 5.57. The summed E-state index contributed by atoms with van der Waals surface area (Å²) in [5.74, 6) is 1.05. The molecular formula is C23H20N8. The molecule has 0 aromatic carbocycles. The fourth-order valence-electron chi connectivity index (χ4n) is 4.05. The van der Waals surface area contributed by atoms with Crippen LogP contribution < -0.4 is 5.32 Å². The average molecular weight is 408 g/mol. The van der Waals surface area contributed by atoms with Crippen LogP contribution in [0.15, 0.2) is 55.0 Å². The van der Waals surface area contributed by atoms with Crippen molar-refractivity contribution in [2.75, 3.05) is 11.9 Å². The molecule has 31 heavy (non-hydrogen) atoms. The summed E-state index contributed by atoms with van der Waals surface area (Å²) in [4.78, 5) is 14.2. The lowest BCUT2D eigenvalue weighted by Gasteiger charge is -2.17. The van der Waals surface area contributed by atoms with Gasteiger partial charge in [0.2, 0.25) is 0 Å². The zero-order valence-corrected chi connectivity index (χ0v) is 17.0. The van der Waals surface area contributed by atoms with Gasteiger partial charge in [-0.05, 0) is 43.7 Å². The molecular weight excluding hydrogens is 388 g/mol. The fourth-order valence-corrected chi connectivity index (χ4v) is 4.05. The van der Waals surface area contributed by atoms with Crippen molar-refractivity contribution >= 4 is 16.9 Å². The third-order valence-corrected chi connectivity index (χ3v) is 5.57. The number of nitrogens with one attached hydrogen (secondary N) is 2. The van der Waals surface area contributed by atoms with Crippen LogP contribution in [-0.4, -0.2) is 41.5 Å². The highest BCUT2D eigenvalue weighted by atomic mass is 15.3. The second kappa shape index (κ2) is 7.02. The Hall–Kier alpha value is -4.07. The van der Waals surface area contributed by atoms with E-state index >= 15 is 0 Å². The predicted octanol–water partition coefficient (Wildman–Crippen LogP) is 4.07. The summed E-state index contributed by atoms with van der Waals surface area (Å²) in [7, 11) is 0. The van der Waals surface area contributed by atoms with Gasteiger partial charge in [-0.1, -0.05) is 6.07 Å². The molecule has 6 rings (SSSR count). The Kier molecular flexibility index (Phi) is 4.02. The zero-order valence-electron chi connectivity index (χ0n) is 17.0. The SMILES string of the molecule is Cc1cccc(-c2n[nH]cc2-c2ccc3ncc(-c4cnn5c4NCCC5)cc3n2)n1. The molecule has 0 bridgehead atoms. The molecule has 5 aromatic rings. The highest BCUT2D eigenvalue weighted by Gasteiger charge is 2.17. The first-order valence-electron chi connectivity index (χ1n) is 10.3. The summed E-state index contributed by atoms with van der Waals surface area (Å²) in [6.07, 6.45) is 6.73. The van der Waals surface area contributed by atoms with Gasteiger partial charge < -0.3 is 5.32 Å². The van der Waals surface area contributed by atoms with Gasteiger partial charge in [0.25, 0.3) is 0 Å². The van der Waals surface area contributed by atoms with Crippen LogP contribution in [0, 0.1) is 6.92 Å². The van der Waals surface area contributed by atoms with Crippen LogP contribution in [0.25, 0.3) is 44.8 Å². The van der Waals surface area contributed by atoms with Crippen molar-refractivity contribution in [1.82, 2.24) is 34.9 Å². The van der Waals surface area contributed by atoms with E-state index in [1.165, 1.54) is 0 Å². The average Bonchev–Trinajstić information content (AvgIpc) is 3.46. The molecule has 0 amide bonds. The molecule has 0 unspecified atom stereocenters. The lowest BCUT2D eigenvalue weighted by Crippen LogP contribution is -2.17. The summed E-state index contributed by atoms with van der Waals surface area (Å²) in [5, 5.41) is 15.4. The molecule has 1 aliphatic rings. The Bertz CT molecular complexity index is 1410. The minimum absolute atomic E-state index is 0.787. The van der Waals surface area contributed by atoms with Gasteiger partial charge in [0, 0.05) is 47.9 Å². The number of fused-ring (bicyclic) bond motifs is 2. The molecule has 0 saturated heterocycles. The number of hydrogen-bond acceptors (Lipinski definition) is 6. The van der Waals surface area contributed by atoms with E-state index < -0.39 is 0 Å². The molecule has 0 saturated carbocycles. The number of aryl methyl sites for hydroxylation is 2. The predicted molar refractivity (Wildman–Crippen MR) is 119 cm³/mol. The van der Waals surface area contributed by atoms with Crippen LogP contribution >= 0.6 is 0 Å². The number of hydrogen-bond donors (Lipinski definition) is 2. The largest absolute Gasteiger partial charge is 0.370 e. The van der Waals surface area contributed by atoms with Crippen molar-refractivity contribution in [3.8, 4) is 33.8 Å². The molecule has 5 aromatic heterocycles. The molecule has 8 nitrogen and oxygen atoms in total. The highest BCUT2D eigenvalue weighted by Crippen LogP contribution is 2.32. The van der Waals surface area contributed by atoms with Gasteiger partial charge in [-0.15, -0.1) is 0 Å². The number of aromatic amines is 1. The molecule has 0 radical (unpaired) electrons. The Balaban J connectivity index is 1.44. The molecule has 0 spiro atoms. The number of aromatic nitrogens is 7. The van der Waals surface area contributed by atoms with Gasteiger partial charge in [0.1, 0.15) is 11.5 Å². The monoisotopic (exact) mass is 408 g/mol. The summed E-state index contributed by atoms with van der Waals surface area (Å²) < 4.78 is 2.01. The molecule has 6 heterocycles. The van der Waals surface area contributed by atoms with E-state index in [9.17, 15) is 0 Å². The summed E-state index contributed by atoms with van der Waals surface area (Å²) in [6.45, 7) is 3.86. The molecule has 8 heteroatoms. The lowest BCUT2D eigenvalue weighted by molar-refractivity contribution is 0.568. The normalized spacial score (nSPS) is 13.2. The van der Waals surface area contributed by atoms with E-state index in [0.717, 1.165) is 75.8 Å². The number of H-pyrrole nitrogens is 1. The third kappa shape index (κ3) is 3.04. The molecule has 0 aliphatic carbocycles. The van der Waals surface area contributed by atoms with Gasteiger partial charge in [-0.2, -0.15) is 10.2 Å². The first-order chi connectivity index (χ1) is 15.3. The van der Waals surface area contributed by atoms with Crippen LogP contribution in [0.4, 0.5) is 5.82 Å². The first kappa shape index (κ1) is 17.8. The maximum absolute atomic E-state index is 4.91. The summed E-state index contributed by atoms with van der Waals surface area (Å²) >= 11 is 0. The van der Waals surface area contributed by atoms with Crippen molar-refractivity contribution in [3.63, 3.8) is 0 Å². The topological polar surface area (TPSA) is 97.2 Å². The van der Waals surface area contributed by atoms with E-state index in [-0.39, 0.29) is 0 Å². The smallest absolute Gasteiger partial charge is 0.132 e. The van der Waals surface area contributed by atoms with Gasteiger partial charge in [-0.3, -0.25) is 15.1 Å². The molecule has 152 valence electrons.